The number of fused-ring (bicyclic) bond motifs is 1. The molecule has 1 heterocycles. The van der Waals surface area contributed by atoms with E-state index in [1.165, 1.54) is 12.1 Å². The highest BCUT2D eigenvalue weighted by atomic mass is 32.2. The normalized spacial score (nSPS) is 16.7. The van der Waals surface area contributed by atoms with E-state index in [0.717, 1.165) is 11.1 Å². The van der Waals surface area contributed by atoms with Crippen molar-refractivity contribution < 1.29 is 18.0 Å². The molecule has 2 aromatic rings. The maximum atomic E-state index is 13.4. The molecule has 0 saturated carbocycles. The van der Waals surface area contributed by atoms with Crippen LogP contribution in [0.1, 0.15) is 43.5 Å². The van der Waals surface area contributed by atoms with E-state index in [0.29, 0.717) is 24.2 Å². The summed E-state index contributed by atoms with van der Waals surface area (Å²) in [6, 6.07) is 11.1. The van der Waals surface area contributed by atoms with Crippen molar-refractivity contribution in [1.29, 1.82) is 0 Å². The SMILES string of the molecule is Cc1ccc(S(N)(=O)=O)cc1NC(=O)C1c2ccccc2CCN1C(=O)C(C)(C)C. The summed E-state index contributed by atoms with van der Waals surface area (Å²) >= 11 is 0. The van der Waals surface area contributed by atoms with Gasteiger partial charge in [-0.25, -0.2) is 13.6 Å². The molecule has 0 bridgehead atoms. The predicted octanol–water partition coefficient (Wildman–Crippen LogP) is 2.75. The van der Waals surface area contributed by atoms with Gasteiger partial charge in [-0.2, -0.15) is 0 Å². The van der Waals surface area contributed by atoms with Crippen molar-refractivity contribution in [3.8, 4) is 0 Å². The number of nitrogens with one attached hydrogen (secondary N) is 1. The fourth-order valence-corrected chi connectivity index (χ4v) is 4.15. The number of nitrogens with two attached hydrogens (primary N) is 1. The molecule has 3 N–H and O–H groups in total. The van der Waals surface area contributed by atoms with Crippen molar-refractivity contribution in [3.63, 3.8) is 0 Å². The zero-order chi connectivity index (χ0) is 22.3. The van der Waals surface area contributed by atoms with E-state index in [2.05, 4.69) is 5.32 Å². The Kier molecular flexibility index (Phi) is 5.75. The molecule has 3 rings (SSSR count). The summed E-state index contributed by atoms with van der Waals surface area (Å²) in [6.45, 7) is 7.66. The molecule has 1 atom stereocenters. The lowest BCUT2D eigenvalue weighted by molar-refractivity contribution is -0.146. The second kappa shape index (κ2) is 7.85. The number of aryl methyl sites for hydroxylation is 1. The van der Waals surface area contributed by atoms with Gasteiger partial charge in [0, 0.05) is 17.6 Å². The van der Waals surface area contributed by atoms with Gasteiger partial charge in [-0.05, 0) is 42.2 Å². The average molecular weight is 430 g/mol. The number of carbonyl (C=O) groups excluding carboxylic acids is 2. The molecule has 0 radical (unpaired) electrons. The van der Waals surface area contributed by atoms with E-state index in [1.807, 2.05) is 45.0 Å². The molecule has 7 nitrogen and oxygen atoms in total. The molecule has 30 heavy (non-hydrogen) atoms. The Hall–Kier alpha value is -2.71. The van der Waals surface area contributed by atoms with Gasteiger partial charge in [-0.15, -0.1) is 0 Å². The summed E-state index contributed by atoms with van der Waals surface area (Å²) in [6.07, 6.45) is 0.668. The summed E-state index contributed by atoms with van der Waals surface area (Å²) in [7, 11) is -3.91. The van der Waals surface area contributed by atoms with Crippen molar-refractivity contribution >= 4 is 27.5 Å². The number of hydrogen-bond donors (Lipinski definition) is 2. The number of amides is 2. The van der Waals surface area contributed by atoms with Gasteiger partial charge in [0.15, 0.2) is 0 Å². The van der Waals surface area contributed by atoms with Crippen LogP contribution in [0.5, 0.6) is 0 Å². The van der Waals surface area contributed by atoms with Crippen LogP contribution in [-0.4, -0.2) is 31.7 Å². The minimum atomic E-state index is -3.91. The van der Waals surface area contributed by atoms with Crippen LogP contribution in [0.3, 0.4) is 0 Å². The van der Waals surface area contributed by atoms with Crippen molar-refractivity contribution in [3.05, 3.63) is 59.2 Å². The molecule has 0 aliphatic carbocycles. The van der Waals surface area contributed by atoms with Gasteiger partial charge in [0.05, 0.1) is 4.90 Å². The smallest absolute Gasteiger partial charge is 0.251 e. The zero-order valence-corrected chi connectivity index (χ0v) is 18.4. The Morgan fingerprint density at radius 2 is 1.80 bits per heavy atom. The Morgan fingerprint density at radius 3 is 2.43 bits per heavy atom. The number of primary sulfonamides is 1. The Labute approximate surface area is 177 Å². The van der Waals surface area contributed by atoms with Crippen LogP contribution in [0.2, 0.25) is 0 Å². The molecule has 0 fully saturated rings. The zero-order valence-electron chi connectivity index (χ0n) is 17.6. The highest BCUT2D eigenvalue weighted by molar-refractivity contribution is 7.89. The molecule has 160 valence electrons. The van der Waals surface area contributed by atoms with Gasteiger partial charge < -0.3 is 10.2 Å². The van der Waals surface area contributed by atoms with Gasteiger partial charge in [0.25, 0.3) is 5.91 Å². The van der Waals surface area contributed by atoms with E-state index in [1.54, 1.807) is 17.9 Å². The van der Waals surface area contributed by atoms with Gasteiger partial charge in [0.2, 0.25) is 15.9 Å². The third-order valence-electron chi connectivity index (χ3n) is 5.23. The topological polar surface area (TPSA) is 110 Å². The standard InChI is InChI=1S/C22H27N3O4S/c1-14-9-10-16(30(23,28)29)13-18(14)24-20(26)19-17-8-6-5-7-15(17)11-12-25(19)21(27)22(2,3)4/h5-10,13,19H,11-12H2,1-4H3,(H,24,26)(H2,23,28,29). The van der Waals surface area contributed by atoms with Gasteiger partial charge >= 0.3 is 0 Å². The van der Waals surface area contributed by atoms with E-state index >= 15 is 0 Å². The number of nitrogens with zero attached hydrogens (tertiary/aromatic N) is 1. The van der Waals surface area contributed by atoms with Crippen molar-refractivity contribution in [1.82, 2.24) is 4.90 Å². The Balaban J connectivity index is 2.02. The molecule has 0 aromatic heterocycles. The largest absolute Gasteiger partial charge is 0.326 e. The Bertz CT molecular complexity index is 1100. The number of sulfonamides is 1. The van der Waals surface area contributed by atoms with Crippen LogP contribution in [0.4, 0.5) is 5.69 Å². The summed E-state index contributed by atoms with van der Waals surface area (Å²) in [4.78, 5) is 28.0. The summed E-state index contributed by atoms with van der Waals surface area (Å²) in [5.41, 5.74) is 2.19. The van der Waals surface area contributed by atoms with E-state index in [4.69, 9.17) is 5.14 Å². The first-order valence-corrected chi connectivity index (χ1v) is 11.3. The summed E-state index contributed by atoms with van der Waals surface area (Å²) in [5.74, 6) is -0.512. The summed E-state index contributed by atoms with van der Waals surface area (Å²) in [5, 5.41) is 8.05. The summed E-state index contributed by atoms with van der Waals surface area (Å²) < 4.78 is 23.4. The first kappa shape index (κ1) is 22.0. The van der Waals surface area contributed by atoms with Gasteiger partial charge in [0.1, 0.15) is 6.04 Å². The molecule has 1 aliphatic rings. The van der Waals surface area contributed by atoms with E-state index < -0.39 is 27.4 Å². The van der Waals surface area contributed by atoms with Crippen LogP contribution in [0.25, 0.3) is 0 Å². The number of anilines is 1. The maximum absolute atomic E-state index is 13.4. The van der Waals surface area contributed by atoms with Crippen LogP contribution in [-0.2, 0) is 26.0 Å². The number of benzene rings is 2. The first-order valence-electron chi connectivity index (χ1n) is 9.73. The molecule has 0 spiro atoms. The van der Waals surface area contributed by atoms with E-state index in [9.17, 15) is 18.0 Å². The fraction of sp³-hybridized carbons (Fsp3) is 0.364. The third kappa shape index (κ3) is 4.39. The lowest BCUT2D eigenvalue weighted by Crippen LogP contribution is -2.49. The average Bonchev–Trinajstić information content (AvgIpc) is 2.66. The molecule has 1 unspecified atom stereocenters. The minimum Gasteiger partial charge on any atom is -0.326 e. The van der Waals surface area contributed by atoms with Crippen molar-refractivity contribution in [2.24, 2.45) is 10.6 Å². The van der Waals surface area contributed by atoms with Crippen LogP contribution < -0.4 is 10.5 Å². The van der Waals surface area contributed by atoms with Crippen LogP contribution >= 0.6 is 0 Å². The highest BCUT2D eigenvalue weighted by Gasteiger charge is 2.39. The number of carbonyl (C=O) groups is 2. The van der Waals surface area contributed by atoms with Crippen molar-refractivity contribution in [2.75, 3.05) is 11.9 Å². The highest BCUT2D eigenvalue weighted by Crippen LogP contribution is 2.34. The monoisotopic (exact) mass is 429 g/mol. The number of rotatable bonds is 3. The van der Waals surface area contributed by atoms with Crippen LogP contribution in [0.15, 0.2) is 47.4 Å². The van der Waals surface area contributed by atoms with Gasteiger partial charge in [-0.3, -0.25) is 9.59 Å². The minimum absolute atomic E-state index is 0.0879. The maximum Gasteiger partial charge on any atom is 0.251 e. The molecular weight excluding hydrogens is 402 g/mol. The lowest BCUT2D eigenvalue weighted by Gasteiger charge is -2.39. The second-order valence-corrected chi connectivity index (χ2v) is 10.2. The number of hydrogen-bond acceptors (Lipinski definition) is 4. The fourth-order valence-electron chi connectivity index (χ4n) is 3.61. The second-order valence-electron chi connectivity index (χ2n) is 8.61. The molecular formula is C22H27N3O4S. The van der Waals surface area contributed by atoms with Crippen molar-refractivity contribution in [2.45, 2.75) is 45.1 Å². The quantitative estimate of drug-likeness (QED) is 0.782. The Morgan fingerprint density at radius 1 is 1.13 bits per heavy atom. The molecule has 2 aromatic carbocycles. The van der Waals surface area contributed by atoms with Crippen LogP contribution in [0, 0.1) is 12.3 Å². The lowest BCUT2D eigenvalue weighted by atomic mass is 9.87. The van der Waals surface area contributed by atoms with Gasteiger partial charge in [-0.1, -0.05) is 51.1 Å². The first-order chi connectivity index (χ1) is 13.9. The molecule has 8 heteroatoms. The molecule has 2 amide bonds. The molecule has 0 saturated heterocycles. The third-order valence-corrected chi connectivity index (χ3v) is 6.14. The predicted molar refractivity (Wildman–Crippen MR) is 115 cm³/mol. The van der Waals surface area contributed by atoms with E-state index in [-0.39, 0.29) is 10.8 Å². The molecule has 1 aliphatic heterocycles.